The molecule has 0 saturated carbocycles. The molecule has 1 rings (SSSR count). The highest BCUT2D eigenvalue weighted by atomic mass is 79.9. The van der Waals surface area contributed by atoms with Crippen LogP contribution < -0.4 is 0 Å². The molecule has 1 aromatic carbocycles. The first-order chi connectivity index (χ1) is 6.57. The third kappa shape index (κ3) is 2.02. The molecule has 0 amide bonds. The highest BCUT2D eigenvalue weighted by Crippen LogP contribution is 2.24. The van der Waals surface area contributed by atoms with Crippen LogP contribution in [-0.2, 0) is 11.3 Å². The maximum Gasteiger partial charge on any atom is 0.235 e. The largest absolute Gasteiger partial charge is 0.235 e. The summed E-state index contributed by atoms with van der Waals surface area (Å²) in [6.07, 6.45) is 1.17. The average molecular weight is 266 g/mol. The Morgan fingerprint density at radius 1 is 1.29 bits per heavy atom. The van der Waals surface area contributed by atoms with Crippen LogP contribution in [-0.4, -0.2) is 6.08 Å². The number of nitrogens with zero attached hydrogens (tertiary/aromatic N) is 1. The van der Waals surface area contributed by atoms with Crippen LogP contribution in [0.5, 0.6) is 0 Å². The molecule has 0 aliphatic heterocycles. The molecule has 0 radical (unpaired) electrons. The van der Waals surface area contributed by atoms with Crippen molar-refractivity contribution in [3.05, 3.63) is 33.6 Å². The quantitative estimate of drug-likeness (QED) is 0.350. The zero-order valence-electron chi connectivity index (χ0n) is 6.65. The van der Waals surface area contributed by atoms with Gasteiger partial charge in [0.1, 0.15) is 0 Å². The fourth-order valence-electron chi connectivity index (χ4n) is 0.854. The van der Waals surface area contributed by atoms with E-state index in [2.05, 4.69) is 20.9 Å². The Kier molecular flexibility index (Phi) is 3.43. The molecule has 6 heteroatoms. The number of halogens is 4. The maximum atomic E-state index is 12.9. The molecule has 0 N–H and O–H groups in total. The van der Waals surface area contributed by atoms with Crippen LogP contribution >= 0.6 is 15.9 Å². The third-order valence-electron chi connectivity index (χ3n) is 1.49. The van der Waals surface area contributed by atoms with Crippen molar-refractivity contribution in [2.45, 2.75) is 6.54 Å². The standard InChI is InChI=1S/C8H3BrF3NO/c9-5-1-4(2-13-3-14)6(10)8(12)7(5)11/h1H,2H2. The van der Waals surface area contributed by atoms with Gasteiger partial charge in [0.05, 0.1) is 11.0 Å². The minimum Gasteiger partial charge on any atom is -0.211 e. The fourth-order valence-corrected chi connectivity index (χ4v) is 1.30. The van der Waals surface area contributed by atoms with E-state index < -0.39 is 17.5 Å². The highest BCUT2D eigenvalue weighted by molar-refractivity contribution is 9.10. The van der Waals surface area contributed by atoms with Gasteiger partial charge in [-0.25, -0.2) is 23.0 Å². The number of rotatable bonds is 2. The Morgan fingerprint density at radius 2 is 1.93 bits per heavy atom. The van der Waals surface area contributed by atoms with Crippen molar-refractivity contribution in [2.75, 3.05) is 0 Å². The molecule has 0 heterocycles. The zero-order valence-corrected chi connectivity index (χ0v) is 8.24. The van der Waals surface area contributed by atoms with Gasteiger partial charge in [-0.05, 0) is 22.0 Å². The second-order valence-corrected chi connectivity index (χ2v) is 3.22. The monoisotopic (exact) mass is 265 g/mol. The van der Waals surface area contributed by atoms with Gasteiger partial charge >= 0.3 is 0 Å². The van der Waals surface area contributed by atoms with Gasteiger partial charge in [0.2, 0.25) is 6.08 Å². The summed E-state index contributed by atoms with van der Waals surface area (Å²) in [4.78, 5) is 12.8. The number of hydrogen-bond acceptors (Lipinski definition) is 2. The van der Waals surface area contributed by atoms with Crippen LogP contribution in [0, 0.1) is 17.5 Å². The first-order valence-electron chi connectivity index (χ1n) is 3.43. The van der Waals surface area contributed by atoms with E-state index in [-0.39, 0.29) is 16.6 Å². The topological polar surface area (TPSA) is 29.4 Å². The van der Waals surface area contributed by atoms with Gasteiger partial charge in [-0.2, -0.15) is 0 Å². The highest BCUT2D eigenvalue weighted by Gasteiger charge is 2.16. The zero-order chi connectivity index (χ0) is 10.7. The molecular formula is C8H3BrF3NO. The molecular weight excluding hydrogens is 263 g/mol. The number of aliphatic imine (C=N–C) groups is 1. The lowest BCUT2D eigenvalue weighted by atomic mass is 10.2. The van der Waals surface area contributed by atoms with Crippen LogP contribution in [0.3, 0.4) is 0 Å². The van der Waals surface area contributed by atoms with Crippen molar-refractivity contribution in [3.8, 4) is 0 Å². The summed E-state index contributed by atoms with van der Waals surface area (Å²) in [6.45, 7) is -0.370. The van der Waals surface area contributed by atoms with Crippen molar-refractivity contribution in [3.63, 3.8) is 0 Å². The van der Waals surface area contributed by atoms with Gasteiger partial charge < -0.3 is 0 Å². The van der Waals surface area contributed by atoms with E-state index in [4.69, 9.17) is 0 Å². The van der Waals surface area contributed by atoms with Crippen molar-refractivity contribution >= 4 is 22.0 Å². The minimum absolute atomic E-state index is 0.209. The molecule has 0 unspecified atom stereocenters. The lowest BCUT2D eigenvalue weighted by Gasteiger charge is -2.02. The smallest absolute Gasteiger partial charge is 0.211 e. The van der Waals surface area contributed by atoms with Crippen LogP contribution in [0.25, 0.3) is 0 Å². The van der Waals surface area contributed by atoms with Crippen LogP contribution in [0.1, 0.15) is 5.56 Å². The van der Waals surface area contributed by atoms with Crippen molar-refractivity contribution in [1.82, 2.24) is 0 Å². The van der Waals surface area contributed by atoms with Crippen molar-refractivity contribution in [1.29, 1.82) is 0 Å². The second kappa shape index (κ2) is 4.39. The van der Waals surface area contributed by atoms with Gasteiger partial charge in [-0.1, -0.05) is 0 Å². The minimum atomic E-state index is -1.59. The molecule has 0 aliphatic rings. The van der Waals surface area contributed by atoms with E-state index in [9.17, 15) is 18.0 Å². The summed E-state index contributed by atoms with van der Waals surface area (Å²) in [7, 11) is 0. The lowest BCUT2D eigenvalue weighted by molar-refractivity contribution is 0.438. The first-order valence-corrected chi connectivity index (χ1v) is 4.22. The summed E-state index contributed by atoms with van der Waals surface area (Å²) in [5.41, 5.74) is -0.209. The molecule has 14 heavy (non-hydrogen) atoms. The van der Waals surface area contributed by atoms with E-state index in [1.165, 1.54) is 6.08 Å². The molecule has 2 nitrogen and oxygen atoms in total. The Morgan fingerprint density at radius 3 is 2.50 bits per heavy atom. The molecule has 0 atom stereocenters. The van der Waals surface area contributed by atoms with Gasteiger partial charge in [0, 0.05) is 5.56 Å². The predicted octanol–water partition coefficient (Wildman–Crippen LogP) is 2.70. The average Bonchev–Trinajstić information content (AvgIpc) is 2.18. The molecule has 0 aromatic heterocycles. The van der Waals surface area contributed by atoms with E-state index >= 15 is 0 Å². The summed E-state index contributed by atoms with van der Waals surface area (Å²) in [5, 5.41) is 0. The van der Waals surface area contributed by atoms with Crippen molar-refractivity contribution in [2.24, 2.45) is 4.99 Å². The van der Waals surface area contributed by atoms with E-state index in [0.717, 1.165) is 6.07 Å². The third-order valence-corrected chi connectivity index (χ3v) is 2.07. The summed E-state index contributed by atoms with van der Waals surface area (Å²) < 4.78 is 38.2. The van der Waals surface area contributed by atoms with Gasteiger partial charge in [-0.3, -0.25) is 0 Å². The normalized spacial score (nSPS) is 9.71. The van der Waals surface area contributed by atoms with E-state index in [0.29, 0.717) is 0 Å². The number of isocyanates is 1. The lowest BCUT2D eigenvalue weighted by Crippen LogP contribution is -1.98. The van der Waals surface area contributed by atoms with Gasteiger partial charge in [-0.15, -0.1) is 0 Å². The van der Waals surface area contributed by atoms with E-state index in [1.807, 2.05) is 0 Å². The molecule has 0 spiro atoms. The first kappa shape index (κ1) is 10.9. The Labute approximate surface area is 85.6 Å². The molecule has 0 saturated heterocycles. The Bertz CT molecular complexity index is 416. The summed E-state index contributed by atoms with van der Waals surface area (Å²) in [5.74, 6) is -4.23. The van der Waals surface area contributed by atoms with Gasteiger partial charge in [0.15, 0.2) is 17.5 Å². The maximum absolute atomic E-state index is 12.9. The summed E-state index contributed by atoms with van der Waals surface area (Å²) in [6, 6.07) is 1.02. The number of carbonyl (C=O) groups excluding carboxylic acids is 1. The molecule has 1 aromatic rings. The second-order valence-electron chi connectivity index (χ2n) is 2.37. The van der Waals surface area contributed by atoms with Crippen molar-refractivity contribution < 1.29 is 18.0 Å². The van der Waals surface area contributed by atoms with E-state index in [1.54, 1.807) is 0 Å². The van der Waals surface area contributed by atoms with Crippen LogP contribution in [0.4, 0.5) is 13.2 Å². The molecule has 0 aliphatic carbocycles. The number of benzene rings is 1. The Hall–Kier alpha value is -1.13. The van der Waals surface area contributed by atoms with Crippen LogP contribution in [0.15, 0.2) is 15.5 Å². The molecule has 0 bridgehead atoms. The predicted molar refractivity (Wildman–Crippen MR) is 45.8 cm³/mol. The van der Waals surface area contributed by atoms with Gasteiger partial charge in [0.25, 0.3) is 0 Å². The fraction of sp³-hybridized carbons (Fsp3) is 0.125. The molecule has 74 valence electrons. The molecule has 0 fully saturated rings. The number of hydrogen-bond donors (Lipinski definition) is 0. The summed E-state index contributed by atoms with van der Waals surface area (Å²) >= 11 is 2.70. The Balaban J connectivity index is 3.25. The SMILES string of the molecule is O=C=NCc1cc(Br)c(F)c(F)c1F. The van der Waals surface area contributed by atoms with Crippen LogP contribution in [0.2, 0.25) is 0 Å².